The van der Waals surface area contributed by atoms with Crippen molar-refractivity contribution >= 4 is 5.69 Å². The number of nitrogens with zero attached hydrogens (tertiary/aromatic N) is 1. The molecule has 0 spiro atoms. The van der Waals surface area contributed by atoms with Crippen molar-refractivity contribution in [1.29, 1.82) is 0 Å². The topological polar surface area (TPSA) is 29.3 Å². The van der Waals surface area contributed by atoms with E-state index in [0.717, 1.165) is 25.3 Å². The van der Waals surface area contributed by atoms with E-state index in [1.165, 1.54) is 5.56 Å². The second-order valence-corrected chi connectivity index (χ2v) is 5.28. The first kappa shape index (κ1) is 14.5. The maximum Gasteiger partial charge on any atom is 0.0314 e. The van der Waals surface area contributed by atoms with Crippen LogP contribution in [-0.2, 0) is 5.41 Å². The van der Waals surface area contributed by atoms with Crippen molar-refractivity contribution in [2.24, 2.45) is 0 Å². The molecule has 2 heteroatoms. The highest BCUT2D eigenvalue weighted by Gasteiger charge is 2.23. The van der Waals surface area contributed by atoms with E-state index in [0.29, 0.717) is 0 Å². The van der Waals surface area contributed by atoms with Crippen LogP contribution in [0.3, 0.4) is 0 Å². The van der Waals surface area contributed by atoms with Crippen molar-refractivity contribution in [3.05, 3.63) is 55.1 Å². The zero-order valence-corrected chi connectivity index (χ0v) is 11.5. The number of benzene rings is 1. The van der Waals surface area contributed by atoms with Crippen LogP contribution in [0.15, 0.2) is 49.6 Å². The summed E-state index contributed by atoms with van der Waals surface area (Å²) in [5.74, 6) is 0. The van der Waals surface area contributed by atoms with E-state index in [9.17, 15) is 0 Å². The normalized spacial score (nSPS) is 11.5. The van der Waals surface area contributed by atoms with Crippen molar-refractivity contribution in [3.63, 3.8) is 0 Å². The van der Waals surface area contributed by atoms with Crippen LogP contribution in [0.4, 0.5) is 5.69 Å². The van der Waals surface area contributed by atoms with Crippen molar-refractivity contribution in [2.45, 2.75) is 19.3 Å². The maximum atomic E-state index is 5.73. The van der Waals surface area contributed by atoms with Crippen molar-refractivity contribution in [1.82, 2.24) is 4.90 Å². The Hall–Kier alpha value is -1.54. The minimum Gasteiger partial charge on any atom is -0.399 e. The van der Waals surface area contributed by atoms with Crippen LogP contribution < -0.4 is 5.73 Å². The van der Waals surface area contributed by atoms with Crippen LogP contribution >= 0.6 is 0 Å². The smallest absolute Gasteiger partial charge is 0.0314 e. The van der Waals surface area contributed by atoms with Crippen molar-refractivity contribution < 1.29 is 0 Å². The highest BCUT2D eigenvalue weighted by Crippen LogP contribution is 2.25. The zero-order chi connectivity index (χ0) is 13.6. The average Bonchev–Trinajstić information content (AvgIpc) is 2.29. The summed E-state index contributed by atoms with van der Waals surface area (Å²) in [6.45, 7) is 14.8. The summed E-state index contributed by atoms with van der Waals surface area (Å²) in [5.41, 5.74) is 7.92. The molecule has 1 aromatic carbocycles. The lowest BCUT2D eigenvalue weighted by Crippen LogP contribution is -2.37. The molecule has 1 aromatic rings. The monoisotopic (exact) mass is 244 g/mol. The van der Waals surface area contributed by atoms with Crippen LogP contribution in [-0.4, -0.2) is 24.5 Å². The van der Waals surface area contributed by atoms with Crippen molar-refractivity contribution in [3.8, 4) is 0 Å². The van der Waals surface area contributed by atoms with E-state index in [1.807, 2.05) is 24.3 Å². The van der Waals surface area contributed by atoms with Gasteiger partial charge in [0.15, 0.2) is 0 Å². The lowest BCUT2D eigenvalue weighted by molar-refractivity contribution is 0.267. The third kappa shape index (κ3) is 4.04. The lowest BCUT2D eigenvalue weighted by atomic mass is 9.84. The molecule has 0 heterocycles. The maximum absolute atomic E-state index is 5.73. The lowest BCUT2D eigenvalue weighted by Gasteiger charge is -2.32. The highest BCUT2D eigenvalue weighted by atomic mass is 15.1. The van der Waals surface area contributed by atoms with Gasteiger partial charge >= 0.3 is 0 Å². The molecule has 2 nitrogen and oxygen atoms in total. The Morgan fingerprint density at radius 3 is 2.06 bits per heavy atom. The summed E-state index contributed by atoms with van der Waals surface area (Å²) in [6.07, 6.45) is 3.87. The molecular weight excluding hydrogens is 220 g/mol. The minimum absolute atomic E-state index is 0.0831. The molecule has 0 bridgehead atoms. The third-order valence-electron chi connectivity index (χ3n) is 3.09. The van der Waals surface area contributed by atoms with Gasteiger partial charge in [0, 0.05) is 30.7 Å². The summed E-state index contributed by atoms with van der Waals surface area (Å²) >= 11 is 0. The molecule has 0 saturated heterocycles. The predicted molar refractivity (Wildman–Crippen MR) is 80.7 cm³/mol. The van der Waals surface area contributed by atoms with Gasteiger partial charge in [-0.05, 0) is 17.7 Å². The molecule has 0 aliphatic carbocycles. The molecule has 0 aromatic heterocycles. The molecule has 0 aliphatic heterocycles. The Labute approximate surface area is 111 Å². The Morgan fingerprint density at radius 2 is 1.61 bits per heavy atom. The van der Waals surface area contributed by atoms with Crippen molar-refractivity contribution in [2.75, 3.05) is 25.4 Å². The van der Waals surface area contributed by atoms with E-state index in [4.69, 9.17) is 5.73 Å². The Bertz CT molecular complexity index is 380. The first-order chi connectivity index (χ1) is 8.49. The molecule has 2 N–H and O–H groups in total. The van der Waals surface area contributed by atoms with E-state index < -0.39 is 0 Å². The average molecular weight is 244 g/mol. The zero-order valence-electron chi connectivity index (χ0n) is 11.5. The second-order valence-electron chi connectivity index (χ2n) is 5.28. The molecule has 18 heavy (non-hydrogen) atoms. The largest absolute Gasteiger partial charge is 0.399 e. The van der Waals surface area contributed by atoms with Gasteiger partial charge in [0.05, 0.1) is 0 Å². The predicted octanol–water partition coefficient (Wildman–Crippen LogP) is 3.22. The molecule has 98 valence electrons. The van der Waals surface area contributed by atoms with E-state index >= 15 is 0 Å². The quantitative estimate of drug-likeness (QED) is 0.589. The fourth-order valence-corrected chi connectivity index (χ4v) is 2.15. The minimum atomic E-state index is 0.0831. The van der Waals surface area contributed by atoms with Gasteiger partial charge < -0.3 is 5.73 Å². The summed E-state index contributed by atoms with van der Waals surface area (Å²) in [6, 6.07) is 8.13. The molecule has 0 fully saturated rings. The van der Waals surface area contributed by atoms with Gasteiger partial charge in [0.25, 0.3) is 0 Å². The summed E-state index contributed by atoms with van der Waals surface area (Å²) in [7, 11) is 0. The van der Waals surface area contributed by atoms with E-state index in [2.05, 4.69) is 44.0 Å². The molecule has 0 amide bonds. The van der Waals surface area contributed by atoms with Gasteiger partial charge in [-0.3, -0.25) is 4.90 Å². The van der Waals surface area contributed by atoms with E-state index in [1.54, 1.807) is 0 Å². The molecule has 0 aliphatic rings. The van der Waals surface area contributed by atoms with Crippen LogP contribution in [0.5, 0.6) is 0 Å². The van der Waals surface area contributed by atoms with Crippen LogP contribution in [0.2, 0.25) is 0 Å². The van der Waals surface area contributed by atoms with Gasteiger partial charge in [0.2, 0.25) is 0 Å². The van der Waals surface area contributed by atoms with Gasteiger partial charge in [-0.1, -0.05) is 38.1 Å². The number of hydrogen-bond donors (Lipinski definition) is 1. The first-order valence-corrected chi connectivity index (χ1v) is 6.30. The highest BCUT2D eigenvalue weighted by molar-refractivity contribution is 5.41. The second kappa shape index (κ2) is 6.41. The Morgan fingerprint density at radius 1 is 1.11 bits per heavy atom. The summed E-state index contributed by atoms with van der Waals surface area (Å²) < 4.78 is 0. The third-order valence-corrected chi connectivity index (χ3v) is 3.09. The number of nitrogens with two attached hydrogens (primary N) is 1. The Kier molecular flexibility index (Phi) is 5.17. The van der Waals surface area contributed by atoms with E-state index in [-0.39, 0.29) is 5.41 Å². The van der Waals surface area contributed by atoms with Gasteiger partial charge in [-0.25, -0.2) is 0 Å². The van der Waals surface area contributed by atoms with Gasteiger partial charge in [0.1, 0.15) is 0 Å². The SMILES string of the molecule is C=CCN(CC=C)CC(C)(C)c1ccc(N)cc1. The van der Waals surface area contributed by atoms with Gasteiger partial charge in [-0.15, -0.1) is 13.2 Å². The Balaban J connectivity index is 2.80. The molecule has 0 unspecified atom stereocenters. The van der Waals surface area contributed by atoms with Crippen LogP contribution in [0.25, 0.3) is 0 Å². The molecule has 0 atom stereocenters. The number of nitrogen functional groups attached to an aromatic ring is 1. The number of hydrogen-bond acceptors (Lipinski definition) is 2. The fraction of sp³-hybridized carbons (Fsp3) is 0.375. The molecular formula is C16H24N2. The van der Waals surface area contributed by atoms with Crippen LogP contribution in [0, 0.1) is 0 Å². The molecule has 0 saturated carbocycles. The van der Waals surface area contributed by atoms with Gasteiger partial charge in [-0.2, -0.15) is 0 Å². The van der Waals surface area contributed by atoms with Crippen LogP contribution in [0.1, 0.15) is 19.4 Å². The number of anilines is 1. The first-order valence-electron chi connectivity index (χ1n) is 6.30. The fourth-order valence-electron chi connectivity index (χ4n) is 2.15. The number of rotatable bonds is 7. The molecule has 0 radical (unpaired) electrons. The summed E-state index contributed by atoms with van der Waals surface area (Å²) in [4.78, 5) is 2.33. The standard InChI is InChI=1S/C16H24N2/c1-5-11-18(12-6-2)13-16(3,4)14-7-9-15(17)10-8-14/h5-10H,1-2,11-13,17H2,3-4H3. The molecule has 1 rings (SSSR count). The summed E-state index contributed by atoms with van der Waals surface area (Å²) in [5, 5.41) is 0.